The molecule has 0 unspecified atom stereocenters. The van der Waals surface area contributed by atoms with Gasteiger partial charge in [0.05, 0.1) is 0 Å². The van der Waals surface area contributed by atoms with Crippen molar-refractivity contribution in [2.45, 2.75) is 6.54 Å². The van der Waals surface area contributed by atoms with Gasteiger partial charge in [0.2, 0.25) is 0 Å². The molecule has 0 bridgehead atoms. The molecule has 0 radical (unpaired) electrons. The van der Waals surface area contributed by atoms with Crippen molar-refractivity contribution in [1.29, 1.82) is 0 Å². The van der Waals surface area contributed by atoms with Gasteiger partial charge in [-0.3, -0.25) is 0 Å². The van der Waals surface area contributed by atoms with Crippen molar-refractivity contribution in [2.75, 3.05) is 31.6 Å². The van der Waals surface area contributed by atoms with E-state index in [9.17, 15) is 4.79 Å². The molecule has 0 amide bonds. The van der Waals surface area contributed by atoms with Crippen LogP contribution in [0.4, 0.5) is 11.4 Å². The molecule has 4 heterocycles. The first-order valence-corrected chi connectivity index (χ1v) is 11.0. The number of aromatic nitrogens is 1. The zero-order chi connectivity index (χ0) is 18.9. The molecule has 1 N–H and O–H groups in total. The molecule has 1 fully saturated rings. The van der Waals surface area contributed by atoms with E-state index >= 15 is 0 Å². The summed E-state index contributed by atoms with van der Waals surface area (Å²) in [4.78, 5) is 19.5. The number of fused-ring (bicyclic) bond motifs is 3. The Morgan fingerprint density at radius 1 is 1.14 bits per heavy atom. The summed E-state index contributed by atoms with van der Waals surface area (Å²) in [5, 5.41) is 5.16. The predicted molar refractivity (Wildman–Crippen MR) is 111 cm³/mol. The SMILES string of the molecule is O=c1oc2ccccc2c2[se]c(CN3CCOCC3)c(Nc3cccnc3)c12. The number of hydrogen-bond donors (Lipinski definition) is 1. The fourth-order valence-corrected chi connectivity index (χ4v) is 6.30. The van der Waals surface area contributed by atoms with Gasteiger partial charge < -0.3 is 0 Å². The van der Waals surface area contributed by atoms with Crippen LogP contribution in [0.15, 0.2) is 58.0 Å². The van der Waals surface area contributed by atoms with Gasteiger partial charge in [-0.2, -0.15) is 0 Å². The molecule has 0 aliphatic carbocycles. The van der Waals surface area contributed by atoms with Crippen LogP contribution in [0.1, 0.15) is 4.44 Å². The van der Waals surface area contributed by atoms with Gasteiger partial charge in [-0.25, -0.2) is 0 Å². The van der Waals surface area contributed by atoms with E-state index in [2.05, 4.69) is 15.2 Å². The molecule has 5 rings (SSSR count). The van der Waals surface area contributed by atoms with Crippen LogP contribution in [0, 0.1) is 0 Å². The monoisotopic (exact) mass is 441 g/mol. The summed E-state index contributed by atoms with van der Waals surface area (Å²) in [7, 11) is 0. The number of anilines is 2. The number of nitrogens with one attached hydrogen (secondary N) is 1. The van der Waals surface area contributed by atoms with Crippen molar-refractivity contribution < 1.29 is 9.15 Å². The van der Waals surface area contributed by atoms with Gasteiger partial charge in [-0.05, 0) is 0 Å². The zero-order valence-corrected chi connectivity index (χ0v) is 16.9. The standard InChI is InChI=1S/C21H19N3O3Se/c25-21-18-19(23-14-4-3-7-22-12-14)17(13-24-8-10-26-11-9-24)28-20(18)15-5-1-2-6-16(15)27-21/h1-7,12,23H,8-11,13H2. The van der Waals surface area contributed by atoms with E-state index in [1.54, 1.807) is 12.4 Å². The summed E-state index contributed by atoms with van der Waals surface area (Å²) < 4.78 is 13.5. The number of benzene rings is 1. The van der Waals surface area contributed by atoms with Gasteiger partial charge in [0, 0.05) is 0 Å². The van der Waals surface area contributed by atoms with Crippen LogP contribution >= 0.6 is 0 Å². The van der Waals surface area contributed by atoms with Gasteiger partial charge in [-0.1, -0.05) is 0 Å². The van der Waals surface area contributed by atoms with E-state index in [4.69, 9.17) is 9.15 Å². The second-order valence-corrected chi connectivity index (χ2v) is 9.06. The molecule has 28 heavy (non-hydrogen) atoms. The summed E-state index contributed by atoms with van der Waals surface area (Å²) in [5.74, 6) is 0. The molecule has 1 saturated heterocycles. The molecule has 0 spiro atoms. The second-order valence-electron chi connectivity index (χ2n) is 6.75. The number of pyridine rings is 1. The van der Waals surface area contributed by atoms with Gasteiger partial charge in [0.1, 0.15) is 0 Å². The Hall–Kier alpha value is -2.44. The molecular weight excluding hydrogens is 421 g/mol. The molecule has 3 aromatic heterocycles. The quantitative estimate of drug-likeness (QED) is 0.389. The molecule has 4 aromatic rings. The molecule has 142 valence electrons. The Labute approximate surface area is 167 Å². The van der Waals surface area contributed by atoms with E-state index in [-0.39, 0.29) is 20.1 Å². The molecule has 6 nitrogen and oxygen atoms in total. The van der Waals surface area contributed by atoms with E-state index < -0.39 is 0 Å². The Morgan fingerprint density at radius 3 is 2.82 bits per heavy atom. The van der Waals surface area contributed by atoms with Crippen molar-refractivity contribution in [3.8, 4) is 0 Å². The van der Waals surface area contributed by atoms with Gasteiger partial charge in [0.25, 0.3) is 0 Å². The summed E-state index contributed by atoms with van der Waals surface area (Å²) in [6.07, 6.45) is 3.51. The molecule has 1 aliphatic heterocycles. The number of rotatable bonds is 4. The van der Waals surface area contributed by atoms with E-state index in [0.717, 1.165) is 53.9 Å². The Morgan fingerprint density at radius 2 is 2.00 bits per heavy atom. The Balaban J connectivity index is 1.69. The average molecular weight is 440 g/mol. The Kier molecular flexibility index (Phi) is 4.74. The summed E-state index contributed by atoms with van der Waals surface area (Å²) in [6, 6.07) is 11.6. The number of para-hydroxylation sites is 1. The number of morpholine rings is 1. The number of nitrogens with zero attached hydrogens (tertiary/aromatic N) is 2. The minimum absolute atomic E-state index is 0.0493. The molecule has 0 atom stereocenters. The van der Waals surface area contributed by atoms with Crippen LogP contribution in [-0.4, -0.2) is 50.7 Å². The van der Waals surface area contributed by atoms with Crippen LogP contribution in [-0.2, 0) is 11.3 Å². The molecule has 7 heteroatoms. The van der Waals surface area contributed by atoms with E-state index in [0.29, 0.717) is 11.0 Å². The third-order valence-corrected chi connectivity index (χ3v) is 7.46. The van der Waals surface area contributed by atoms with Crippen molar-refractivity contribution in [1.82, 2.24) is 9.88 Å². The van der Waals surface area contributed by atoms with Crippen molar-refractivity contribution >= 4 is 46.5 Å². The van der Waals surface area contributed by atoms with Crippen LogP contribution in [0.3, 0.4) is 0 Å². The van der Waals surface area contributed by atoms with E-state index in [1.165, 1.54) is 4.44 Å². The minimum atomic E-state index is -0.279. The van der Waals surface area contributed by atoms with E-state index in [1.807, 2.05) is 36.4 Å². The number of hydrogen-bond acceptors (Lipinski definition) is 6. The fourth-order valence-electron chi connectivity index (χ4n) is 3.54. The summed E-state index contributed by atoms with van der Waals surface area (Å²) in [5.41, 5.74) is 2.13. The van der Waals surface area contributed by atoms with Crippen LogP contribution in [0.5, 0.6) is 0 Å². The van der Waals surface area contributed by atoms with Crippen LogP contribution in [0.25, 0.3) is 20.6 Å². The molecule has 1 aliphatic rings. The Bertz CT molecular complexity index is 1180. The third-order valence-electron chi connectivity index (χ3n) is 4.92. The summed E-state index contributed by atoms with van der Waals surface area (Å²) >= 11 is 0.0493. The number of ether oxygens (including phenoxy) is 1. The molecular formula is C21H19N3O3Se. The van der Waals surface area contributed by atoms with Crippen LogP contribution < -0.4 is 10.9 Å². The van der Waals surface area contributed by atoms with Gasteiger partial charge >= 0.3 is 167 Å². The van der Waals surface area contributed by atoms with Crippen LogP contribution in [0.2, 0.25) is 0 Å². The maximum atomic E-state index is 12.9. The van der Waals surface area contributed by atoms with Gasteiger partial charge in [-0.15, -0.1) is 0 Å². The fraction of sp³-hybridized carbons (Fsp3) is 0.238. The van der Waals surface area contributed by atoms with Crippen molar-refractivity contribution in [2.24, 2.45) is 0 Å². The topological polar surface area (TPSA) is 67.6 Å². The van der Waals surface area contributed by atoms with Crippen molar-refractivity contribution in [3.63, 3.8) is 0 Å². The summed E-state index contributed by atoms with van der Waals surface area (Å²) in [6.45, 7) is 4.15. The first-order valence-electron chi connectivity index (χ1n) is 9.24. The first-order chi connectivity index (χ1) is 13.8. The molecule has 0 saturated carbocycles. The molecule has 1 aromatic carbocycles. The second kappa shape index (κ2) is 7.53. The third kappa shape index (κ3) is 3.27. The normalized spacial score (nSPS) is 15.3. The van der Waals surface area contributed by atoms with Gasteiger partial charge in [0.15, 0.2) is 0 Å². The zero-order valence-electron chi connectivity index (χ0n) is 15.2. The predicted octanol–water partition coefficient (Wildman–Crippen LogP) is 2.97. The van der Waals surface area contributed by atoms with Crippen molar-refractivity contribution in [3.05, 3.63) is 63.6 Å². The first kappa shape index (κ1) is 17.6. The average Bonchev–Trinajstić information content (AvgIpc) is 3.08. The maximum absolute atomic E-state index is 12.9.